The van der Waals surface area contributed by atoms with Crippen molar-refractivity contribution in [3.63, 3.8) is 0 Å². The first-order chi connectivity index (χ1) is 15.6. The van der Waals surface area contributed by atoms with E-state index in [1.54, 1.807) is 29.8 Å². The summed E-state index contributed by atoms with van der Waals surface area (Å²) in [5.74, 6) is -0.496. The zero-order chi connectivity index (χ0) is 22.1. The molecule has 0 bridgehead atoms. The number of aromatic nitrogens is 4. The normalized spacial score (nSPS) is 10.9. The van der Waals surface area contributed by atoms with Gasteiger partial charge in [0.2, 0.25) is 5.13 Å². The summed E-state index contributed by atoms with van der Waals surface area (Å²) in [6.07, 6.45) is 1.87. The molecule has 0 fully saturated rings. The highest BCUT2D eigenvalue weighted by molar-refractivity contribution is 7.18. The lowest BCUT2D eigenvalue weighted by atomic mass is 10.1. The molecule has 6 nitrogen and oxygen atoms in total. The van der Waals surface area contributed by atoms with Gasteiger partial charge in [-0.3, -0.25) is 10.1 Å². The van der Waals surface area contributed by atoms with Gasteiger partial charge >= 0.3 is 0 Å². The fourth-order valence-electron chi connectivity index (χ4n) is 3.20. The zero-order valence-electron chi connectivity index (χ0n) is 16.8. The molecule has 2 aromatic carbocycles. The number of hydrogen-bond acceptors (Lipinski definition) is 6. The number of aryl methyl sites for hydroxylation is 1. The van der Waals surface area contributed by atoms with Gasteiger partial charge in [-0.25, -0.2) is 9.07 Å². The van der Waals surface area contributed by atoms with Gasteiger partial charge in [-0.05, 0) is 54.3 Å². The Morgan fingerprint density at radius 2 is 1.91 bits per heavy atom. The molecule has 0 spiro atoms. The molecular formula is C23H16FN5OS2. The molecule has 3 aromatic heterocycles. The maximum absolute atomic E-state index is 13.9. The highest BCUT2D eigenvalue weighted by Crippen LogP contribution is 2.35. The number of rotatable bonds is 5. The van der Waals surface area contributed by atoms with Crippen LogP contribution in [0.15, 0.2) is 72.2 Å². The molecule has 158 valence electrons. The number of anilines is 1. The highest BCUT2D eigenvalue weighted by atomic mass is 32.1. The van der Waals surface area contributed by atoms with Crippen LogP contribution in [0.25, 0.3) is 27.5 Å². The summed E-state index contributed by atoms with van der Waals surface area (Å²) in [5.41, 5.74) is 3.59. The lowest BCUT2D eigenvalue weighted by Gasteiger charge is -2.03. The molecule has 0 aliphatic heterocycles. The molecule has 32 heavy (non-hydrogen) atoms. The van der Waals surface area contributed by atoms with Gasteiger partial charge in [0.1, 0.15) is 11.5 Å². The summed E-state index contributed by atoms with van der Waals surface area (Å²) in [7, 11) is 0. The second-order valence-corrected chi connectivity index (χ2v) is 8.90. The molecule has 5 rings (SSSR count). The Labute approximate surface area is 191 Å². The second kappa shape index (κ2) is 8.45. The Morgan fingerprint density at radius 3 is 2.66 bits per heavy atom. The Hall–Kier alpha value is -3.69. The Morgan fingerprint density at radius 1 is 1.06 bits per heavy atom. The van der Waals surface area contributed by atoms with Crippen LogP contribution in [-0.2, 0) is 0 Å². The molecule has 1 amide bonds. The third kappa shape index (κ3) is 3.95. The van der Waals surface area contributed by atoms with Crippen molar-refractivity contribution >= 4 is 33.7 Å². The number of carbonyl (C=O) groups is 1. The predicted molar refractivity (Wildman–Crippen MR) is 125 cm³/mol. The topological polar surface area (TPSA) is 72.7 Å². The van der Waals surface area contributed by atoms with Crippen LogP contribution >= 0.6 is 22.7 Å². The number of halogens is 1. The minimum atomic E-state index is -0.271. The molecule has 0 atom stereocenters. The Kier molecular flexibility index (Phi) is 5.34. The number of carbonyl (C=O) groups excluding carboxylic acids is 1. The highest BCUT2D eigenvalue weighted by Gasteiger charge is 2.19. The largest absolute Gasteiger partial charge is 0.296 e. The van der Waals surface area contributed by atoms with Gasteiger partial charge in [0.25, 0.3) is 5.91 Å². The monoisotopic (exact) mass is 461 g/mol. The van der Waals surface area contributed by atoms with Gasteiger partial charge in [0.05, 0.1) is 16.1 Å². The van der Waals surface area contributed by atoms with Crippen molar-refractivity contribution in [1.82, 2.24) is 20.0 Å². The smallest absolute Gasteiger partial charge is 0.267 e. The molecule has 0 radical (unpaired) electrons. The van der Waals surface area contributed by atoms with Gasteiger partial charge in [0, 0.05) is 11.8 Å². The van der Waals surface area contributed by atoms with Crippen LogP contribution in [0.3, 0.4) is 0 Å². The summed E-state index contributed by atoms with van der Waals surface area (Å²) in [6.45, 7) is 1.72. The van der Waals surface area contributed by atoms with Crippen LogP contribution in [0.4, 0.5) is 9.52 Å². The van der Waals surface area contributed by atoms with Gasteiger partial charge < -0.3 is 0 Å². The maximum Gasteiger partial charge on any atom is 0.267 e. The van der Waals surface area contributed by atoms with Crippen molar-refractivity contribution in [1.29, 1.82) is 0 Å². The SMILES string of the molecule is Cc1cc(-c2nn(-c3ccccc3)cc2-c2nnc(NC(=O)c3cccs3)s2)ccc1F. The molecule has 3 heterocycles. The quantitative estimate of drug-likeness (QED) is 0.358. The fourth-order valence-corrected chi connectivity index (χ4v) is 4.57. The summed E-state index contributed by atoms with van der Waals surface area (Å²) in [4.78, 5) is 13.0. The molecular weight excluding hydrogens is 445 g/mol. The fraction of sp³-hybridized carbons (Fsp3) is 0.0435. The molecule has 9 heteroatoms. The standard InChI is InChI=1S/C23H16FN5OS2/c1-14-12-15(9-10-18(14)24)20-17(13-29(28-20)16-6-3-2-4-7-16)22-26-27-23(32-22)25-21(30)19-8-5-11-31-19/h2-13H,1H3,(H,25,27,30). The van der Waals surface area contributed by atoms with Crippen LogP contribution in [0, 0.1) is 12.7 Å². The van der Waals surface area contributed by atoms with E-state index in [2.05, 4.69) is 15.5 Å². The molecule has 0 saturated carbocycles. The lowest BCUT2D eigenvalue weighted by Crippen LogP contribution is -2.09. The number of nitrogens with zero attached hydrogens (tertiary/aromatic N) is 4. The molecule has 0 unspecified atom stereocenters. The van der Waals surface area contributed by atoms with Gasteiger partial charge in [-0.2, -0.15) is 5.10 Å². The molecule has 0 aliphatic rings. The maximum atomic E-state index is 13.9. The van der Waals surface area contributed by atoms with E-state index in [1.165, 1.54) is 28.7 Å². The number of para-hydroxylation sites is 1. The summed E-state index contributed by atoms with van der Waals surface area (Å²) in [5, 5.41) is 18.8. The summed E-state index contributed by atoms with van der Waals surface area (Å²) < 4.78 is 15.6. The molecule has 1 N–H and O–H groups in total. The number of hydrogen-bond donors (Lipinski definition) is 1. The number of thiophene rings is 1. The van der Waals surface area contributed by atoms with E-state index < -0.39 is 0 Å². The van der Waals surface area contributed by atoms with E-state index in [1.807, 2.05) is 48.0 Å². The van der Waals surface area contributed by atoms with Crippen molar-refractivity contribution < 1.29 is 9.18 Å². The van der Waals surface area contributed by atoms with Crippen molar-refractivity contribution in [2.45, 2.75) is 6.92 Å². The second-order valence-electron chi connectivity index (χ2n) is 6.98. The lowest BCUT2D eigenvalue weighted by molar-refractivity contribution is 0.103. The molecule has 0 aliphatic carbocycles. The molecule has 0 saturated heterocycles. The van der Waals surface area contributed by atoms with Gasteiger partial charge in [-0.15, -0.1) is 21.5 Å². The van der Waals surface area contributed by atoms with Crippen molar-refractivity contribution in [2.75, 3.05) is 5.32 Å². The van der Waals surface area contributed by atoms with Crippen LogP contribution < -0.4 is 5.32 Å². The van der Waals surface area contributed by atoms with Crippen molar-refractivity contribution in [2.24, 2.45) is 0 Å². The van der Waals surface area contributed by atoms with Crippen LogP contribution in [-0.4, -0.2) is 25.9 Å². The first-order valence-electron chi connectivity index (χ1n) is 9.69. The van der Waals surface area contributed by atoms with E-state index in [0.717, 1.165) is 16.8 Å². The van der Waals surface area contributed by atoms with E-state index in [0.29, 0.717) is 26.3 Å². The minimum Gasteiger partial charge on any atom is -0.296 e. The van der Waals surface area contributed by atoms with Crippen molar-refractivity contribution in [3.8, 4) is 27.5 Å². The number of nitrogens with one attached hydrogen (secondary N) is 1. The molecule has 5 aromatic rings. The average molecular weight is 462 g/mol. The van der Waals surface area contributed by atoms with E-state index in [9.17, 15) is 9.18 Å². The Bertz CT molecular complexity index is 1390. The van der Waals surface area contributed by atoms with Crippen LogP contribution in [0.1, 0.15) is 15.2 Å². The third-order valence-electron chi connectivity index (χ3n) is 4.79. The Balaban J connectivity index is 1.55. The van der Waals surface area contributed by atoms with E-state index in [-0.39, 0.29) is 11.7 Å². The van der Waals surface area contributed by atoms with E-state index in [4.69, 9.17) is 5.10 Å². The van der Waals surface area contributed by atoms with Crippen LogP contribution in [0.5, 0.6) is 0 Å². The van der Waals surface area contributed by atoms with Crippen molar-refractivity contribution in [3.05, 3.63) is 88.5 Å². The summed E-state index contributed by atoms with van der Waals surface area (Å²) in [6, 6.07) is 18.2. The zero-order valence-corrected chi connectivity index (χ0v) is 18.5. The van der Waals surface area contributed by atoms with Crippen LogP contribution in [0.2, 0.25) is 0 Å². The minimum absolute atomic E-state index is 0.225. The number of amides is 1. The van der Waals surface area contributed by atoms with E-state index >= 15 is 0 Å². The van der Waals surface area contributed by atoms with Gasteiger partial charge in [-0.1, -0.05) is 35.6 Å². The average Bonchev–Trinajstić information content (AvgIpc) is 3.57. The third-order valence-corrected chi connectivity index (χ3v) is 6.53. The van der Waals surface area contributed by atoms with Gasteiger partial charge in [0.15, 0.2) is 5.01 Å². The predicted octanol–water partition coefficient (Wildman–Crippen LogP) is 5.82. The summed E-state index contributed by atoms with van der Waals surface area (Å²) >= 11 is 2.62. The number of benzene rings is 2. The first-order valence-corrected chi connectivity index (χ1v) is 11.4. The first kappa shape index (κ1) is 20.2.